The fourth-order valence-electron chi connectivity index (χ4n) is 11.2. The Morgan fingerprint density at radius 1 is 0.297 bits per heavy atom. The van der Waals surface area contributed by atoms with E-state index in [0.717, 1.165) is 60.9 Å². The van der Waals surface area contributed by atoms with Gasteiger partial charge in [-0.3, -0.25) is 0 Å². The summed E-state index contributed by atoms with van der Waals surface area (Å²) in [5.41, 5.74) is 20.6. The van der Waals surface area contributed by atoms with E-state index in [1.807, 2.05) is 6.07 Å². The number of anilines is 3. The summed E-state index contributed by atoms with van der Waals surface area (Å²) in [5.74, 6) is 0. The van der Waals surface area contributed by atoms with Gasteiger partial charge in [-0.1, -0.05) is 170 Å². The smallest absolute Gasteiger partial charge is 0.159 e. The van der Waals surface area contributed by atoms with Crippen LogP contribution in [0.5, 0.6) is 0 Å². The van der Waals surface area contributed by atoms with Gasteiger partial charge in [0.05, 0.1) is 11.1 Å². The predicted octanol–water partition coefficient (Wildman–Crippen LogP) is 16.6. The molecule has 1 atom stereocenters. The zero-order chi connectivity index (χ0) is 41.9. The van der Waals surface area contributed by atoms with Crippen molar-refractivity contribution in [2.45, 2.75) is 5.41 Å². The third-order valence-electron chi connectivity index (χ3n) is 13.9. The van der Waals surface area contributed by atoms with Crippen molar-refractivity contribution in [3.8, 4) is 44.5 Å². The van der Waals surface area contributed by atoms with Crippen molar-refractivity contribution < 1.29 is 8.83 Å². The first-order valence-electron chi connectivity index (χ1n) is 22.0. The molecular weight excluding hydrogens is 779 g/mol. The topological polar surface area (TPSA) is 29.5 Å². The van der Waals surface area contributed by atoms with E-state index in [4.69, 9.17) is 8.83 Å². The van der Waals surface area contributed by atoms with Gasteiger partial charge < -0.3 is 13.7 Å². The summed E-state index contributed by atoms with van der Waals surface area (Å²) >= 11 is 0. The quantitative estimate of drug-likeness (QED) is 0.177. The summed E-state index contributed by atoms with van der Waals surface area (Å²) in [6.07, 6.45) is 0. The van der Waals surface area contributed by atoms with E-state index in [-0.39, 0.29) is 0 Å². The summed E-state index contributed by atoms with van der Waals surface area (Å²) in [5, 5.41) is 4.46. The third-order valence-corrected chi connectivity index (χ3v) is 13.9. The molecule has 2 heterocycles. The first-order valence-corrected chi connectivity index (χ1v) is 22.0. The molecule has 1 spiro atoms. The molecule has 2 aromatic heterocycles. The summed E-state index contributed by atoms with van der Waals surface area (Å²) in [4.78, 5) is 2.38. The Morgan fingerprint density at radius 3 is 1.58 bits per heavy atom. The number of fused-ring (bicyclic) bond motifs is 18. The highest BCUT2D eigenvalue weighted by Gasteiger charge is 2.50. The van der Waals surface area contributed by atoms with Crippen LogP contribution < -0.4 is 4.90 Å². The second-order valence-corrected chi connectivity index (χ2v) is 17.1. The van der Waals surface area contributed by atoms with Crippen molar-refractivity contribution in [2.24, 2.45) is 0 Å². The van der Waals surface area contributed by atoms with Gasteiger partial charge in [0, 0.05) is 32.9 Å². The molecule has 0 saturated carbocycles. The Hall–Kier alpha value is -8.40. The summed E-state index contributed by atoms with van der Waals surface area (Å²) in [7, 11) is 0. The molecular formula is C61H37NO2. The molecule has 0 N–H and O–H groups in total. The molecule has 64 heavy (non-hydrogen) atoms. The maximum atomic E-state index is 6.79. The van der Waals surface area contributed by atoms with Crippen molar-refractivity contribution in [3.63, 3.8) is 0 Å². The highest BCUT2D eigenvalue weighted by molar-refractivity contribution is 6.11. The van der Waals surface area contributed by atoms with Gasteiger partial charge in [0.1, 0.15) is 16.7 Å². The lowest BCUT2D eigenvalue weighted by molar-refractivity contribution is 0.666. The third kappa shape index (κ3) is 4.81. The number of nitrogens with zero attached hydrogens (tertiary/aromatic N) is 1. The molecule has 3 heteroatoms. The second kappa shape index (κ2) is 13.3. The van der Waals surface area contributed by atoms with Crippen molar-refractivity contribution in [1.29, 1.82) is 0 Å². The van der Waals surface area contributed by atoms with E-state index in [2.05, 4.69) is 223 Å². The number of rotatable bonds is 4. The molecule has 2 aliphatic rings. The number of hydrogen-bond acceptors (Lipinski definition) is 3. The Kier molecular flexibility index (Phi) is 7.32. The number of benzene rings is 10. The molecule has 14 rings (SSSR count). The van der Waals surface area contributed by atoms with Gasteiger partial charge in [-0.2, -0.15) is 0 Å². The van der Waals surface area contributed by atoms with Crippen LogP contribution in [0.25, 0.3) is 88.4 Å². The van der Waals surface area contributed by atoms with Crippen LogP contribution >= 0.6 is 0 Å². The van der Waals surface area contributed by atoms with E-state index in [9.17, 15) is 0 Å². The van der Waals surface area contributed by atoms with E-state index in [1.54, 1.807) is 0 Å². The molecule has 3 nitrogen and oxygen atoms in total. The van der Waals surface area contributed by atoms with Crippen LogP contribution in [0.4, 0.5) is 17.1 Å². The van der Waals surface area contributed by atoms with Crippen LogP contribution in [0.2, 0.25) is 0 Å². The Bertz CT molecular complexity index is 3860. The van der Waals surface area contributed by atoms with Gasteiger partial charge in [-0.25, -0.2) is 0 Å². The van der Waals surface area contributed by atoms with E-state index in [1.165, 1.54) is 66.8 Å². The molecule has 12 aromatic rings. The summed E-state index contributed by atoms with van der Waals surface area (Å²) in [6.45, 7) is 0. The molecule has 0 radical (unpaired) electrons. The predicted molar refractivity (Wildman–Crippen MR) is 263 cm³/mol. The number of furan rings is 2. The monoisotopic (exact) mass is 815 g/mol. The van der Waals surface area contributed by atoms with E-state index in [0.29, 0.717) is 0 Å². The fraction of sp³-hybridized carbons (Fsp3) is 0.0164. The minimum atomic E-state index is -0.663. The van der Waals surface area contributed by atoms with Crippen LogP contribution in [-0.4, -0.2) is 0 Å². The molecule has 2 aliphatic carbocycles. The van der Waals surface area contributed by atoms with Gasteiger partial charge in [0.15, 0.2) is 5.58 Å². The van der Waals surface area contributed by atoms with E-state index < -0.39 is 5.41 Å². The van der Waals surface area contributed by atoms with Gasteiger partial charge >= 0.3 is 0 Å². The maximum Gasteiger partial charge on any atom is 0.159 e. The SMILES string of the molecule is c1ccc(-c2ccc(N(c3ccc4c(c3)-c3ccccc3-c3ccccc3C43c4ccccc4-c4cc5c(cc43)oc3ccccc35)c3cccc4c3oc3ccccc34)cc2)cc1. The van der Waals surface area contributed by atoms with Crippen molar-refractivity contribution in [2.75, 3.05) is 4.90 Å². The van der Waals surface area contributed by atoms with Crippen LogP contribution in [0.3, 0.4) is 0 Å². The molecule has 0 amide bonds. The first kappa shape index (κ1) is 35.2. The molecule has 298 valence electrons. The Morgan fingerprint density at radius 2 is 0.828 bits per heavy atom. The van der Waals surface area contributed by atoms with Crippen LogP contribution in [0.1, 0.15) is 22.3 Å². The van der Waals surface area contributed by atoms with Gasteiger partial charge in [0.2, 0.25) is 0 Å². The zero-order valence-electron chi connectivity index (χ0n) is 34.6. The summed E-state index contributed by atoms with van der Waals surface area (Å²) < 4.78 is 13.5. The highest BCUT2D eigenvalue weighted by atomic mass is 16.3. The largest absolute Gasteiger partial charge is 0.456 e. The molecule has 0 fully saturated rings. The lowest BCUT2D eigenvalue weighted by Gasteiger charge is -2.36. The Balaban J connectivity index is 1.08. The standard InChI is InChI=1S/C61H37NO2/c1-2-15-38(16-3-1)39-29-31-40(32-30-39)62(56-26-14-23-48-46-21-8-13-28-58(46)64-60(48)56)41-33-34-54-49(35-41)43-18-5-4-17-42(43)44-19-6-10-24-52(44)61(54)53-25-11-7-20-45(53)50-36-51-47-22-9-12-27-57(47)63-59(51)37-55(50)61/h1-37H. The van der Waals surface area contributed by atoms with Gasteiger partial charge in [-0.05, 0) is 121 Å². The fourth-order valence-corrected chi connectivity index (χ4v) is 11.2. The summed E-state index contributed by atoms with van der Waals surface area (Å²) in [6, 6.07) is 81.7. The zero-order valence-corrected chi connectivity index (χ0v) is 34.6. The molecule has 0 aliphatic heterocycles. The molecule has 0 bridgehead atoms. The van der Waals surface area contributed by atoms with Crippen molar-refractivity contribution in [3.05, 3.63) is 247 Å². The second-order valence-electron chi connectivity index (χ2n) is 17.1. The average Bonchev–Trinajstić information content (AvgIpc) is 4.00. The molecule has 0 saturated heterocycles. The van der Waals surface area contributed by atoms with Crippen molar-refractivity contribution in [1.82, 2.24) is 0 Å². The molecule has 10 aromatic carbocycles. The van der Waals surface area contributed by atoms with Crippen molar-refractivity contribution >= 4 is 60.9 Å². The number of hydrogen-bond donors (Lipinski definition) is 0. The normalized spacial score (nSPS) is 14.6. The van der Waals surface area contributed by atoms with Gasteiger partial charge in [0.25, 0.3) is 0 Å². The van der Waals surface area contributed by atoms with Gasteiger partial charge in [-0.15, -0.1) is 0 Å². The van der Waals surface area contributed by atoms with E-state index >= 15 is 0 Å². The lowest BCUT2D eigenvalue weighted by atomic mass is 9.66. The minimum Gasteiger partial charge on any atom is -0.456 e. The lowest BCUT2D eigenvalue weighted by Crippen LogP contribution is -2.29. The minimum absolute atomic E-state index is 0.663. The maximum absolute atomic E-state index is 6.79. The Labute approximate surface area is 369 Å². The van der Waals surface area contributed by atoms with Crippen LogP contribution in [-0.2, 0) is 5.41 Å². The average molecular weight is 816 g/mol. The van der Waals surface area contributed by atoms with Crippen LogP contribution in [0.15, 0.2) is 233 Å². The first-order chi connectivity index (χ1) is 31.7. The van der Waals surface area contributed by atoms with Crippen LogP contribution in [0, 0.1) is 0 Å². The highest BCUT2D eigenvalue weighted by Crippen LogP contribution is 2.62. The molecule has 1 unspecified atom stereocenters. The number of para-hydroxylation sites is 3.